The standard InChI is InChI=1S/C42H47B/c1-3-5-7-10-16-38-31-42(37-24-20-34(21-25-37)35-26-28-40(43)29-27-35)39(17-11-8-6-4-2)30-41(38)36-22-18-33(19-23-36)32-14-12-9-13-15-32/h9,12-15,18-31H,3-8,10-11,16-17,43H2,1-2H3. The maximum atomic E-state index is 2.54. The minimum Gasteiger partial charge on any atom is -0.0889 e. The van der Waals surface area contributed by atoms with Gasteiger partial charge < -0.3 is 0 Å². The molecule has 0 fully saturated rings. The molecule has 0 aliphatic rings. The van der Waals surface area contributed by atoms with Crippen LogP contribution in [-0.2, 0) is 12.8 Å². The molecular formula is C42H47B. The third-order valence-corrected chi connectivity index (χ3v) is 8.81. The van der Waals surface area contributed by atoms with Crippen LogP contribution < -0.4 is 5.46 Å². The first-order chi connectivity index (χ1) is 21.2. The van der Waals surface area contributed by atoms with Gasteiger partial charge in [0, 0.05) is 0 Å². The van der Waals surface area contributed by atoms with E-state index in [1.807, 2.05) is 0 Å². The lowest BCUT2D eigenvalue weighted by atomic mass is 9.86. The molecule has 0 heterocycles. The Morgan fingerprint density at radius 1 is 0.395 bits per heavy atom. The summed E-state index contributed by atoms with van der Waals surface area (Å²) in [6.07, 6.45) is 12.5. The predicted octanol–water partition coefficient (Wildman–Crippen LogP) is 10.9. The number of rotatable bonds is 14. The van der Waals surface area contributed by atoms with Crippen LogP contribution in [-0.4, -0.2) is 7.85 Å². The van der Waals surface area contributed by atoms with Crippen molar-refractivity contribution in [1.82, 2.24) is 0 Å². The van der Waals surface area contributed by atoms with Crippen LogP contribution in [0.25, 0.3) is 44.5 Å². The van der Waals surface area contributed by atoms with Crippen LogP contribution in [0, 0.1) is 0 Å². The van der Waals surface area contributed by atoms with Gasteiger partial charge in [0.05, 0.1) is 0 Å². The quantitative estimate of drug-likeness (QED) is 0.0933. The van der Waals surface area contributed by atoms with E-state index in [0.29, 0.717) is 0 Å². The van der Waals surface area contributed by atoms with E-state index in [1.54, 1.807) is 0 Å². The fourth-order valence-electron chi connectivity index (χ4n) is 6.19. The molecule has 0 atom stereocenters. The van der Waals surface area contributed by atoms with Gasteiger partial charge in [-0.1, -0.05) is 173 Å². The second-order valence-electron chi connectivity index (χ2n) is 12.2. The second-order valence-corrected chi connectivity index (χ2v) is 12.2. The van der Waals surface area contributed by atoms with E-state index in [9.17, 15) is 0 Å². The highest BCUT2D eigenvalue weighted by Crippen LogP contribution is 2.36. The van der Waals surface area contributed by atoms with Gasteiger partial charge in [-0.25, -0.2) is 0 Å². The third-order valence-electron chi connectivity index (χ3n) is 8.81. The van der Waals surface area contributed by atoms with Crippen molar-refractivity contribution in [2.24, 2.45) is 0 Å². The van der Waals surface area contributed by atoms with Gasteiger partial charge >= 0.3 is 0 Å². The minimum absolute atomic E-state index is 1.13. The highest BCUT2D eigenvalue weighted by atomic mass is 14.2. The molecule has 0 aromatic heterocycles. The zero-order valence-corrected chi connectivity index (χ0v) is 26.5. The van der Waals surface area contributed by atoms with Crippen LogP contribution >= 0.6 is 0 Å². The van der Waals surface area contributed by atoms with Crippen molar-refractivity contribution in [1.29, 1.82) is 0 Å². The molecule has 0 aliphatic carbocycles. The Morgan fingerprint density at radius 3 is 1.19 bits per heavy atom. The number of hydrogen-bond acceptors (Lipinski definition) is 0. The Balaban J connectivity index is 1.53. The molecule has 1 heteroatoms. The Hall–Kier alpha value is -3.84. The SMILES string of the molecule is Bc1ccc(-c2ccc(-c3cc(CCCCCC)c(-c4ccc(-c5ccccc5)cc4)cc3CCCCCC)cc2)cc1. The molecule has 43 heavy (non-hydrogen) atoms. The maximum absolute atomic E-state index is 2.54. The monoisotopic (exact) mass is 562 g/mol. The molecule has 0 amide bonds. The smallest absolute Gasteiger partial charge is 0.0889 e. The zero-order valence-electron chi connectivity index (χ0n) is 26.5. The molecular weight excluding hydrogens is 515 g/mol. The van der Waals surface area contributed by atoms with Crippen LogP contribution in [0.2, 0.25) is 0 Å². The highest BCUT2D eigenvalue weighted by molar-refractivity contribution is 6.32. The van der Waals surface area contributed by atoms with E-state index < -0.39 is 0 Å². The van der Waals surface area contributed by atoms with Gasteiger partial charge in [-0.05, 0) is 81.3 Å². The zero-order chi connectivity index (χ0) is 29.9. The van der Waals surface area contributed by atoms with Gasteiger partial charge in [0.2, 0.25) is 0 Å². The molecule has 0 unspecified atom stereocenters. The van der Waals surface area contributed by atoms with Crippen molar-refractivity contribution in [3.05, 3.63) is 126 Å². The topological polar surface area (TPSA) is 0 Å². The fourth-order valence-corrected chi connectivity index (χ4v) is 6.19. The van der Waals surface area contributed by atoms with Crippen LogP contribution in [0.5, 0.6) is 0 Å². The normalized spacial score (nSPS) is 11.1. The summed E-state index contributed by atoms with van der Waals surface area (Å²) in [5.41, 5.74) is 14.9. The van der Waals surface area contributed by atoms with Gasteiger partial charge in [0.15, 0.2) is 0 Å². The van der Waals surface area contributed by atoms with Crippen molar-refractivity contribution in [2.75, 3.05) is 0 Å². The molecule has 218 valence electrons. The molecule has 0 bridgehead atoms. The lowest BCUT2D eigenvalue weighted by molar-refractivity contribution is 0.664. The summed E-state index contributed by atoms with van der Waals surface area (Å²) >= 11 is 0. The Morgan fingerprint density at radius 2 is 0.767 bits per heavy atom. The maximum Gasteiger partial charge on any atom is 0.139 e. The Kier molecular flexibility index (Phi) is 11.1. The van der Waals surface area contributed by atoms with Crippen molar-refractivity contribution >= 4 is 13.3 Å². The molecule has 0 saturated carbocycles. The average molecular weight is 563 g/mol. The van der Waals surface area contributed by atoms with Crippen LogP contribution in [0.3, 0.4) is 0 Å². The molecule has 0 N–H and O–H groups in total. The van der Waals surface area contributed by atoms with E-state index in [0.717, 1.165) is 12.8 Å². The molecule has 0 radical (unpaired) electrons. The lowest BCUT2D eigenvalue weighted by Crippen LogP contribution is -1.99. The van der Waals surface area contributed by atoms with Gasteiger partial charge in [0.1, 0.15) is 7.85 Å². The van der Waals surface area contributed by atoms with Crippen molar-refractivity contribution in [3.63, 3.8) is 0 Å². The van der Waals surface area contributed by atoms with Gasteiger partial charge in [-0.3, -0.25) is 0 Å². The first kappa shape index (κ1) is 30.6. The number of aryl methyl sites for hydroxylation is 2. The summed E-state index contributed by atoms with van der Waals surface area (Å²) < 4.78 is 0. The summed E-state index contributed by atoms with van der Waals surface area (Å²) in [5.74, 6) is 0. The van der Waals surface area contributed by atoms with Crippen molar-refractivity contribution in [3.8, 4) is 44.5 Å². The van der Waals surface area contributed by atoms with Crippen LogP contribution in [0.15, 0.2) is 115 Å². The summed E-state index contributed by atoms with van der Waals surface area (Å²) in [6.45, 7) is 4.59. The van der Waals surface area contributed by atoms with Crippen molar-refractivity contribution in [2.45, 2.75) is 78.1 Å². The molecule has 0 spiro atoms. The van der Waals surface area contributed by atoms with E-state index in [2.05, 4.69) is 137 Å². The summed E-state index contributed by atoms with van der Waals surface area (Å²) in [6, 6.07) is 43.2. The minimum atomic E-state index is 1.13. The fraction of sp³-hybridized carbons (Fsp3) is 0.286. The Bertz CT molecular complexity index is 1550. The summed E-state index contributed by atoms with van der Waals surface area (Å²) in [7, 11) is 2.15. The third kappa shape index (κ3) is 8.17. The van der Waals surface area contributed by atoms with E-state index in [1.165, 1.54) is 112 Å². The molecule has 0 aliphatic heterocycles. The molecule has 0 saturated heterocycles. The summed E-state index contributed by atoms with van der Waals surface area (Å²) in [4.78, 5) is 0. The summed E-state index contributed by atoms with van der Waals surface area (Å²) in [5, 5.41) is 0. The largest absolute Gasteiger partial charge is 0.139 e. The average Bonchev–Trinajstić information content (AvgIpc) is 3.06. The van der Waals surface area contributed by atoms with Crippen molar-refractivity contribution < 1.29 is 0 Å². The lowest BCUT2D eigenvalue weighted by Gasteiger charge is -2.18. The number of hydrogen-bond donors (Lipinski definition) is 0. The Labute approximate surface area is 261 Å². The predicted molar refractivity (Wildman–Crippen MR) is 192 cm³/mol. The van der Waals surface area contributed by atoms with Crippen LogP contribution in [0.1, 0.15) is 76.3 Å². The molecule has 0 nitrogen and oxygen atoms in total. The van der Waals surface area contributed by atoms with Gasteiger partial charge in [-0.2, -0.15) is 0 Å². The second kappa shape index (κ2) is 15.6. The van der Waals surface area contributed by atoms with Gasteiger partial charge in [0.25, 0.3) is 0 Å². The first-order valence-corrected chi connectivity index (χ1v) is 16.7. The van der Waals surface area contributed by atoms with E-state index in [4.69, 9.17) is 0 Å². The van der Waals surface area contributed by atoms with E-state index >= 15 is 0 Å². The van der Waals surface area contributed by atoms with Crippen LogP contribution in [0.4, 0.5) is 0 Å². The number of benzene rings is 5. The number of unbranched alkanes of at least 4 members (excludes halogenated alkanes) is 6. The molecule has 5 aromatic carbocycles. The highest BCUT2D eigenvalue weighted by Gasteiger charge is 2.14. The van der Waals surface area contributed by atoms with Gasteiger partial charge in [-0.15, -0.1) is 0 Å². The molecule has 5 rings (SSSR count). The van der Waals surface area contributed by atoms with E-state index in [-0.39, 0.29) is 0 Å². The first-order valence-electron chi connectivity index (χ1n) is 16.7. The molecule has 5 aromatic rings.